The second-order valence-electron chi connectivity index (χ2n) is 6.38. The Kier molecular flexibility index (Phi) is 4.86. The van der Waals surface area contributed by atoms with Crippen molar-refractivity contribution in [3.8, 4) is 11.6 Å². The summed E-state index contributed by atoms with van der Waals surface area (Å²) in [7, 11) is 0. The van der Waals surface area contributed by atoms with Crippen molar-refractivity contribution in [2.75, 3.05) is 5.84 Å². The number of hydrogen-bond acceptors (Lipinski definition) is 6. The molecule has 0 saturated heterocycles. The number of nitrogen functional groups attached to an aromatic ring is 1. The molecule has 8 nitrogen and oxygen atoms in total. The van der Waals surface area contributed by atoms with Crippen LogP contribution in [0.4, 0.5) is 0 Å². The molecule has 0 unspecified atom stereocenters. The molecule has 4 aromatic rings. The summed E-state index contributed by atoms with van der Waals surface area (Å²) in [5.74, 6) is 7.25. The molecule has 0 aliphatic rings. The predicted octanol–water partition coefficient (Wildman–Crippen LogP) is 3.23. The molecule has 0 saturated carbocycles. The van der Waals surface area contributed by atoms with Crippen molar-refractivity contribution in [1.82, 2.24) is 34.4 Å². The number of benzene rings is 1. The summed E-state index contributed by atoms with van der Waals surface area (Å²) in [6.45, 7) is 5.81. The molecule has 3 aromatic heterocycles. The molecule has 28 heavy (non-hydrogen) atoms. The lowest BCUT2D eigenvalue weighted by Crippen LogP contribution is -2.17. The van der Waals surface area contributed by atoms with Crippen LogP contribution in [0.15, 0.2) is 41.6 Å². The van der Waals surface area contributed by atoms with Gasteiger partial charge in [0.25, 0.3) is 5.95 Å². The highest BCUT2D eigenvalue weighted by molar-refractivity contribution is 7.98. The third kappa shape index (κ3) is 3.27. The van der Waals surface area contributed by atoms with E-state index < -0.39 is 0 Å². The van der Waals surface area contributed by atoms with Crippen LogP contribution in [-0.4, -0.2) is 34.4 Å². The average molecular weight is 415 g/mol. The first-order chi connectivity index (χ1) is 13.5. The monoisotopic (exact) mass is 414 g/mol. The Hall–Kier alpha value is -2.78. The number of aryl methyl sites for hydroxylation is 3. The number of nitrogens with zero attached hydrogens (tertiary/aromatic N) is 7. The van der Waals surface area contributed by atoms with Gasteiger partial charge in [-0.1, -0.05) is 41.6 Å². The number of aromatic nitrogens is 7. The van der Waals surface area contributed by atoms with Gasteiger partial charge in [0.2, 0.25) is 5.16 Å². The lowest BCUT2D eigenvalue weighted by Gasteiger charge is -2.05. The molecule has 0 amide bonds. The highest BCUT2D eigenvalue weighted by Gasteiger charge is 2.18. The molecule has 0 fully saturated rings. The highest BCUT2D eigenvalue weighted by atomic mass is 35.5. The third-order valence-corrected chi connectivity index (χ3v) is 5.67. The van der Waals surface area contributed by atoms with E-state index in [0.717, 1.165) is 28.3 Å². The number of thioether (sulfide) groups is 1. The van der Waals surface area contributed by atoms with Gasteiger partial charge in [-0.2, -0.15) is 10.2 Å². The van der Waals surface area contributed by atoms with E-state index in [1.807, 2.05) is 57.2 Å². The zero-order valence-corrected chi connectivity index (χ0v) is 17.2. The smallest absolute Gasteiger partial charge is 0.271 e. The lowest BCUT2D eigenvalue weighted by molar-refractivity contribution is 0.727. The number of nitrogens with two attached hydrogens (primary N) is 1. The van der Waals surface area contributed by atoms with Crippen molar-refractivity contribution >= 4 is 23.4 Å². The predicted molar refractivity (Wildman–Crippen MR) is 110 cm³/mol. The van der Waals surface area contributed by atoms with Gasteiger partial charge in [-0.05, 0) is 39.0 Å². The first kappa shape index (κ1) is 18.6. The fourth-order valence-electron chi connectivity index (χ4n) is 2.92. The van der Waals surface area contributed by atoms with Crippen molar-refractivity contribution in [2.45, 2.75) is 31.7 Å². The average Bonchev–Trinajstić information content (AvgIpc) is 3.30. The van der Waals surface area contributed by atoms with Gasteiger partial charge in [-0.25, -0.2) is 14.0 Å². The maximum Gasteiger partial charge on any atom is 0.271 e. The molecule has 10 heteroatoms. The summed E-state index contributed by atoms with van der Waals surface area (Å²) >= 11 is 8.04. The van der Waals surface area contributed by atoms with E-state index in [0.29, 0.717) is 22.0 Å². The Morgan fingerprint density at radius 2 is 1.79 bits per heavy atom. The molecule has 0 aliphatic heterocycles. The molecule has 1 aromatic carbocycles. The van der Waals surface area contributed by atoms with Gasteiger partial charge in [0.05, 0.1) is 17.1 Å². The van der Waals surface area contributed by atoms with E-state index in [1.165, 1.54) is 16.4 Å². The highest BCUT2D eigenvalue weighted by Crippen LogP contribution is 2.30. The SMILES string of the molecule is Cc1cc(C)n(-c2nnc(SCc3c(C)nn(-c4ccccc4)c3Cl)n2N)n1. The van der Waals surface area contributed by atoms with E-state index >= 15 is 0 Å². The van der Waals surface area contributed by atoms with Crippen LogP contribution >= 0.6 is 23.4 Å². The summed E-state index contributed by atoms with van der Waals surface area (Å²) in [5.41, 5.74) is 4.55. The van der Waals surface area contributed by atoms with Crippen LogP contribution in [0.2, 0.25) is 5.15 Å². The van der Waals surface area contributed by atoms with Crippen molar-refractivity contribution in [3.63, 3.8) is 0 Å². The van der Waals surface area contributed by atoms with E-state index in [9.17, 15) is 0 Å². The number of para-hydroxylation sites is 1. The van der Waals surface area contributed by atoms with Gasteiger partial charge in [0, 0.05) is 17.0 Å². The minimum atomic E-state index is 0.468. The van der Waals surface area contributed by atoms with Crippen molar-refractivity contribution in [3.05, 3.63) is 64.2 Å². The van der Waals surface area contributed by atoms with E-state index in [2.05, 4.69) is 20.4 Å². The summed E-state index contributed by atoms with van der Waals surface area (Å²) in [5, 5.41) is 18.5. The van der Waals surface area contributed by atoms with Crippen LogP contribution in [0.25, 0.3) is 11.6 Å². The second-order valence-corrected chi connectivity index (χ2v) is 7.68. The summed E-state index contributed by atoms with van der Waals surface area (Å²) in [6.07, 6.45) is 0. The summed E-state index contributed by atoms with van der Waals surface area (Å²) < 4.78 is 4.86. The van der Waals surface area contributed by atoms with Crippen molar-refractivity contribution in [1.29, 1.82) is 0 Å². The molecular formula is C18H19ClN8S. The molecule has 0 radical (unpaired) electrons. The first-order valence-electron chi connectivity index (χ1n) is 8.62. The second kappa shape index (κ2) is 7.33. The molecule has 144 valence electrons. The van der Waals surface area contributed by atoms with Crippen LogP contribution < -0.4 is 5.84 Å². The van der Waals surface area contributed by atoms with E-state index in [4.69, 9.17) is 17.4 Å². The number of hydrogen-bond donors (Lipinski definition) is 1. The Morgan fingerprint density at radius 1 is 1.04 bits per heavy atom. The third-order valence-electron chi connectivity index (χ3n) is 4.31. The van der Waals surface area contributed by atoms with E-state index in [-0.39, 0.29) is 0 Å². The van der Waals surface area contributed by atoms with Gasteiger partial charge in [0.1, 0.15) is 5.15 Å². The van der Waals surface area contributed by atoms with Gasteiger partial charge in [-0.15, -0.1) is 10.2 Å². The molecule has 0 spiro atoms. The van der Waals surface area contributed by atoms with Crippen LogP contribution in [-0.2, 0) is 5.75 Å². The summed E-state index contributed by atoms with van der Waals surface area (Å²) in [4.78, 5) is 0. The normalized spacial score (nSPS) is 11.3. The molecule has 3 heterocycles. The fraction of sp³-hybridized carbons (Fsp3) is 0.222. The Morgan fingerprint density at radius 3 is 2.46 bits per heavy atom. The van der Waals surface area contributed by atoms with Gasteiger partial charge >= 0.3 is 0 Å². The molecule has 0 bridgehead atoms. The van der Waals surface area contributed by atoms with Crippen LogP contribution in [0.3, 0.4) is 0 Å². The van der Waals surface area contributed by atoms with Crippen molar-refractivity contribution in [2.24, 2.45) is 0 Å². The summed E-state index contributed by atoms with van der Waals surface area (Å²) in [6, 6.07) is 11.8. The zero-order chi connectivity index (χ0) is 19.8. The standard InChI is InChI=1S/C18H19ClN8S/c1-11-9-12(2)26(23-11)17-21-22-18(25(17)20)28-10-15-13(3)24-27(16(15)19)14-7-5-4-6-8-14/h4-9H,10,20H2,1-3H3. The Labute approximate surface area is 171 Å². The zero-order valence-electron chi connectivity index (χ0n) is 15.7. The molecular weight excluding hydrogens is 396 g/mol. The topological polar surface area (TPSA) is 92.4 Å². The lowest BCUT2D eigenvalue weighted by atomic mass is 10.3. The Bertz CT molecular complexity index is 1130. The quantitative estimate of drug-likeness (QED) is 0.398. The minimum absolute atomic E-state index is 0.468. The first-order valence-corrected chi connectivity index (χ1v) is 9.98. The largest absolute Gasteiger partial charge is 0.334 e. The van der Waals surface area contributed by atoms with Gasteiger partial charge < -0.3 is 5.84 Å². The maximum absolute atomic E-state index is 6.59. The maximum atomic E-state index is 6.59. The Balaban J connectivity index is 1.58. The molecule has 2 N–H and O–H groups in total. The fourth-order valence-corrected chi connectivity index (χ4v) is 4.27. The molecule has 0 aliphatic carbocycles. The van der Waals surface area contributed by atoms with Crippen LogP contribution in [0, 0.1) is 20.8 Å². The van der Waals surface area contributed by atoms with Crippen LogP contribution in [0.5, 0.6) is 0 Å². The minimum Gasteiger partial charge on any atom is -0.334 e. The van der Waals surface area contributed by atoms with Crippen LogP contribution in [0.1, 0.15) is 22.6 Å². The number of halogens is 1. The van der Waals surface area contributed by atoms with Crippen molar-refractivity contribution < 1.29 is 0 Å². The van der Waals surface area contributed by atoms with Gasteiger partial charge in [-0.3, -0.25) is 0 Å². The van der Waals surface area contributed by atoms with Gasteiger partial charge in [0.15, 0.2) is 0 Å². The van der Waals surface area contributed by atoms with E-state index in [1.54, 1.807) is 9.36 Å². The molecule has 4 rings (SSSR count). The number of rotatable bonds is 5. The molecule has 0 atom stereocenters.